The second-order valence-corrected chi connectivity index (χ2v) is 7.17. The molecule has 0 heterocycles. The van der Waals surface area contributed by atoms with E-state index in [1.165, 1.54) is 0 Å². The van der Waals surface area contributed by atoms with Crippen LogP contribution in [0.15, 0.2) is 4.19 Å². The molecule has 67 valence electrons. The first-order valence-corrected chi connectivity index (χ1v) is 5.60. The Labute approximate surface area is 157 Å². The molecule has 0 rings (SSSR count). The Balaban J connectivity index is -0.000000240. The quantitative estimate of drug-likeness (QED) is 0.345. The standard InChI is InChI=1S/5CN.Fe.NO.3Na/c5*1-2;;1-2;;;/q;;;;;-2;-1;3*+1. The van der Waals surface area contributed by atoms with Gasteiger partial charge in [-0.3, -0.25) is 0 Å². The molecule has 0 aliphatic heterocycles. The van der Waals surface area contributed by atoms with Crippen LogP contribution in [-0.4, -0.2) is 0 Å². The van der Waals surface area contributed by atoms with Crippen LogP contribution < -0.4 is 88.7 Å². The SMILES string of the molecule is N#[C][Fe-3]([C]#N)([C]#N)([C]#N)([C]#N)[N]=O.[Na+].[Na+].[Na+]. The van der Waals surface area contributed by atoms with Gasteiger partial charge in [0.1, 0.15) is 0 Å². The summed E-state index contributed by atoms with van der Waals surface area (Å²) in [7, 11) is -6.40. The molecule has 16 heavy (non-hydrogen) atoms. The molecule has 0 spiro atoms. The summed E-state index contributed by atoms with van der Waals surface area (Å²) in [5, 5.41) is 42.5. The maximum atomic E-state index is 10.3. The maximum Gasteiger partial charge on any atom is 1.00 e. The minimum Gasteiger partial charge on any atom is 1.00 e. The van der Waals surface area contributed by atoms with E-state index >= 15 is 0 Å². The van der Waals surface area contributed by atoms with Crippen molar-refractivity contribution in [2.75, 3.05) is 0 Å². The molecule has 0 aliphatic carbocycles. The summed E-state index contributed by atoms with van der Waals surface area (Å²) >= 11 is 0. The largest absolute Gasteiger partial charge is 1.00 e. The Kier molecular flexibility index (Phi) is 11.3. The van der Waals surface area contributed by atoms with Crippen LogP contribution in [0, 0.1) is 56.1 Å². The predicted octanol–water partition coefficient (Wildman–Crippen LogP) is -8.69. The molecular formula is C5FeN6Na3O. The van der Waals surface area contributed by atoms with Gasteiger partial charge < -0.3 is 0 Å². The molecule has 11 heteroatoms. The van der Waals surface area contributed by atoms with Crippen LogP contribution in [0.5, 0.6) is 0 Å². The van der Waals surface area contributed by atoms with E-state index in [-0.39, 0.29) is 88.7 Å². The molecule has 0 atom stereocenters. The van der Waals surface area contributed by atoms with Crippen LogP contribution in [0.25, 0.3) is 0 Å². The van der Waals surface area contributed by atoms with E-state index < -0.39 is 11.0 Å². The van der Waals surface area contributed by atoms with Crippen molar-refractivity contribution >= 4 is 0 Å². The van der Waals surface area contributed by atoms with Gasteiger partial charge in [-0.05, 0) is 0 Å². The molecule has 0 N–H and O–H groups in total. The van der Waals surface area contributed by atoms with Crippen LogP contribution in [0.2, 0.25) is 0 Å². The summed E-state index contributed by atoms with van der Waals surface area (Å²) in [6.45, 7) is 0. The van der Waals surface area contributed by atoms with Crippen molar-refractivity contribution in [3.8, 4) is 24.8 Å². The van der Waals surface area contributed by atoms with Crippen LogP contribution in [-0.2, 0) is 11.0 Å². The Hall–Kier alpha value is 0.569. The Bertz CT molecular complexity index is 404. The molecule has 0 aromatic rings. The fourth-order valence-electron chi connectivity index (χ4n) is 0.249. The van der Waals surface area contributed by atoms with E-state index in [1.54, 1.807) is 0 Å². The van der Waals surface area contributed by atoms with Gasteiger partial charge in [0.15, 0.2) is 0 Å². The first kappa shape index (κ1) is 25.4. The average molecular weight is 285 g/mol. The first-order valence-electron chi connectivity index (χ1n) is 2.34. The van der Waals surface area contributed by atoms with Gasteiger partial charge in [0.2, 0.25) is 0 Å². The van der Waals surface area contributed by atoms with E-state index in [0.29, 0.717) is 0 Å². The fraction of sp³-hybridized carbons (Fsp3) is 0. The zero-order valence-electron chi connectivity index (χ0n) is 8.95. The smallest absolute Gasteiger partial charge is 1.00 e. The zero-order valence-corrected chi connectivity index (χ0v) is 16.0. The Morgan fingerprint density at radius 2 is 0.875 bits per heavy atom. The molecular weight excluding hydrogens is 285 g/mol. The second-order valence-electron chi connectivity index (χ2n) is 1.74. The van der Waals surface area contributed by atoms with Crippen LogP contribution in [0.3, 0.4) is 0 Å². The Morgan fingerprint density at radius 1 is 0.688 bits per heavy atom. The van der Waals surface area contributed by atoms with Gasteiger partial charge in [0.25, 0.3) is 0 Å². The summed E-state index contributed by atoms with van der Waals surface area (Å²) in [5.41, 5.74) is 0. The first-order chi connectivity index (χ1) is 5.97. The summed E-state index contributed by atoms with van der Waals surface area (Å²) in [4.78, 5) is 14.9. The molecule has 0 aromatic heterocycles. The second kappa shape index (κ2) is 7.10. The third-order valence-electron chi connectivity index (χ3n) is 1.13. The van der Waals surface area contributed by atoms with Crippen molar-refractivity contribution < 1.29 is 99.6 Å². The number of rotatable bonds is 1. The topological polar surface area (TPSA) is 148 Å². The molecule has 0 saturated heterocycles. The molecule has 0 bridgehead atoms. The van der Waals surface area contributed by atoms with Gasteiger partial charge in [-0.25, -0.2) is 0 Å². The molecule has 0 aliphatic rings. The summed E-state index contributed by atoms with van der Waals surface area (Å²) in [5.74, 6) is 0. The molecule has 0 aromatic carbocycles. The minimum atomic E-state index is -6.40. The fourth-order valence-corrected chi connectivity index (χ4v) is 1.03. The number of hydrogen-bond donors (Lipinski definition) is 0. The van der Waals surface area contributed by atoms with E-state index in [2.05, 4.69) is 0 Å². The van der Waals surface area contributed by atoms with E-state index in [4.69, 9.17) is 26.3 Å². The van der Waals surface area contributed by atoms with E-state index in [0.717, 1.165) is 24.8 Å². The van der Waals surface area contributed by atoms with Gasteiger partial charge in [0, 0.05) is 0 Å². The number of nitrogens with zero attached hydrogens (tertiary/aromatic N) is 6. The van der Waals surface area contributed by atoms with E-state index in [9.17, 15) is 4.91 Å². The molecule has 0 radical (unpaired) electrons. The van der Waals surface area contributed by atoms with Crippen LogP contribution in [0.1, 0.15) is 0 Å². The normalized spacial score (nSPS) is 11.2. The van der Waals surface area contributed by atoms with Crippen molar-refractivity contribution in [2.45, 2.75) is 0 Å². The molecule has 0 unspecified atom stereocenters. The number of nitriles is 5. The van der Waals surface area contributed by atoms with Crippen molar-refractivity contribution in [2.24, 2.45) is 4.19 Å². The third kappa shape index (κ3) is 2.87. The van der Waals surface area contributed by atoms with Crippen molar-refractivity contribution in [1.29, 1.82) is 26.3 Å². The van der Waals surface area contributed by atoms with Crippen LogP contribution >= 0.6 is 0 Å². The van der Waals surface area contributed by atoms with Gasteiger partial charge in [-0.15, -0.1) is 0 Å². The minimum absolute atomic E-state index is 0. The average Bonchev–Trinajstić information content (AvgIpc) is 2.26. The van der Waals surface area contributed by atoms with Gasteiger partial charge in [-0.1, -0.05) is 0 Å². The summed E-state index contributed by atoms with van der Waals surface area (Å²) in [6, 6.07) is 0. The third-order valence-corrected chi connectivity index (χ3v) is 4.65. The van der Waals surface area contributed by atoms with Gasteiger partial charge in [0.05, 0.1) is 0 Å². The summed E-state index contributed by atoms with van der Waals surface area (Å²) in [6.07, 6.45) is 0. The molecule has 7 nitrogen and oxygen atoms in total. The zero-order chi connectivity index (χ0) is 10.7. The predicted molar refractivity (Wildman–Crippen MR) is 33.9 cm³/mol. The molecule has 0 fully saturated rings. The van der Waals surface area contributed by atoms with Crippen molar-refractivity contribution in [3.05, 3.63) is 4.91 Å². The van der Waals surface area contributed by atoms with Gasteiger partial charge >= 0.3 is 160 Å². The number of nitroso groups, excluding NO2 is 1. The Morgan fingerprint density at radius 3 is 0.875 bits per heavy atom. The van der Waals surface area contributed by atoms with Crippen LogP contribution in [0.4, 0.5) is 0 Å². The van der Waals surface area contributed by atoms with E-state index in [1.807, 2.05) is 4.19 Å². The van der Waals surface area contributed by atoms with Gasteiger partial charge in [-0.2, -0.15) is 0 Å². The molecule has 0 saturated carbocycles. The monoisotopic (exact) mass is 285 g/mol. The molecule has 0 amide bonds. The van der Waals surface area contributed by atoms with Crippen molar-refractivity contribution in [1.82, 2.24) is 0 Å². The van der Waals surface area contributed by atoms with Crippen molar-refractivity contribution in [3.63, 3.8) is 0 Å². The number of hydrogen-bond acceptors (Lipinski definition) is 7. The summed E-state index contributed by atoms with van der Waals surface area (Å²) < 4.78 is 1.97. The maximum absolute atomic E-state index is 10.3.